The molecule has 0 radical (unpaired) electrons. The van der Waals surface area contributed by atoms with Gasteiger partial charge in [-0.15, -0.1) is 0 Å². The second-order valence-corrected chi connectivity index (χ2v) is 6.99. The molecule has 0 bridgehead atoms. The highest BCUT2D eigenvalue weighted by Crippen LogP contribution is 2.16. The van der Waals surface area contributed by atoms with Gasteiger partial charge in [-0.25, -0.2) is 4.99 Å². The van der Waals surface area contributed by atoms with Crippen molar-refractivity contribution in [3.8, 4) is 5.75 Å². The lowest BCUT2D eigenvalue weighted by Gasteiger charge is -2.31. The van der Waals surface area contributed by atoms with E-state index in [2.05, 4.69) is 47.9 Å². The van der Waals surface area contributed by atoms with Gasteiger partial charge in [0.1, 0.15) is 5.75 Å². The minimum absolute atomic E-state index is 0.624. The van der Waals surface area contributed by atoms with E-state index < -0.39 is 0 Å². The second kappa shape index (κ2) is 9.52. The molecule has 1 aliphatic rings. The Balaban J connectivity index is 1.75. The third-order valence-corrected chi connectivity index (χ3v) is 4.47. The van der Waals surface area contributed by atoms with Crippen LogP contribution in [0.3, 0.4) is 0 Å². The molecule has 0 spiro atoms. The summed E-state index contributed by atoms with van der Waals surface area (Å²) in [6.07, 6.45) is 3.44. The number of hydrogen-bond acceptors (Lipinski definition) is 3. The van der Waals surface area contributed by atoms with Crippen LogP contribution in [0.4, 0.5) is 0 Å². The molecule has 1 saturated heterocycles. The van der Waals surface area contributed by atoms with Crippen LogP contribution in [-0.2, 0) is 6.54 Å². The lowest BCUT2D eigenvalue weighted by molar-refractivity contribution is 0.277. The van der Waals surface area contributed by atoms with Crippen LogP contribution in [0.15, 0.2) is 29.3 Å². The van der Waals surface area contributed by atoms with Crippen LogP contribution in [0.25, 0.3) is 0 Å². The Morgan fingerprint density at radius 2 is 1.92 bits per heavy atom. The quantitative estimate of drug-likeness (QED) is 0.474. The summed E-state index contributed by atoms with van der Waals surface area (Å²) in [5.41, 5.74) is 7.28. The van der Waals surface area contributed by atoms with E-state index in [0.717, 1.165) is 49.9 Å². The van der Waals surface area contributed by atoms with Crippen LogP contribution in [0.5, 0.6) is 5.75 Å². The van der Waals surface area contributed by atoms with Gasteiger partial charge in [0.15, 0.2) is 5.96 Å². The van der Waals surface area contributed by atoms with E-state index >= 15 is 0 Å². The molecule has 0 saturated carbocycles. The maximum atomic E-state index is 6.12. The molecule has 0 aromatic heterocycles. The highest BCUT2D eigenvalue weighted by atomic mass is 16.5. The smallest absolute Gasteiger partial charge is 0.191 e. The van der Waals surface area contributed by atoms with E-state index in [9.17, 15) is 0 Å². The summed E-state index contributed by atoms with van der Waals surface area (Å²) in [6.45, 7) is 6.76. The Labute approximate surface area is 146 Å². The minimum atomic E-state index is 0.624. The van der Waals surface area contributed by atoms with Crippen molar-refractivity contribution in [2.75, 3.05) is 40.3 Å². The maximum Gasteiger partial charge on any atom is 0.191 e. The van der Waals surface area contributed by atoms with Gasteiger partial charge in [0.25, 0.3) is 0 Å². The SMILES string of the molecule is CC1CCN(C(N)=NCc2ccc(OCCCN(C)C)cc2)CC1. The number of guanidine groups is 1. The average Bonchev–Trinajstić information content (AvgIpc) is 2.58. The van der Waals surface area contributed by atoms with Crippen LogP contribution < -0.4 is 10.5 Å². The van der Waals surface area contributed by atoms with E-state index in [-0.39, 0.29) is 0 Å². The molecule has 1 aromatic carbocycles. The van der Waals surface area contributed by atoms with Gasteiger partial charge in [0, 0.05) is 19.6 Å². The number of nitrogens with zero attached hydrogens (tertiary/aromatic N) is 3. The van der Waals surface area contributed by atoms with Gasteiger partial charge in [0.05, 0.1) is 13.2 Å². The van der Waals surface area contributed by atoms with Crippen LogP contribution in [-0.4, -0.2) is 56.1 Å². The molecule has 2 N–H and O–H groups in total. The zero-order valence-corrected chi connectivity index (χ0v) is 15.4. The first kappa shape index (κ1) is 18.6. The minimum Gasteiger partial charge on any atom is -0.494 e. The molecule has 0 atom stereocenters. The molecule has 5 heteroatoms. The molecule has 0 aliphatic carbocycles. The van der Waals surface area contributed by atoms with Crippen molar-refractivity contribution in [3.63, 3.8) is 0 Å². The number of piperidine rings is 1. The highest BCUT2D eigenvalue weighted by Gasteiger charge is 2.16. The summed E-state index contributed by atoms with van der Waals surface area (Å²) in [5.74, 6) is 2.39. The lowest BCUT2D eigenvalue weighted by atomic mass is 10.00. The number of nitrogens with two attached hydrogens (primary N) is 1. The molecule has 1 aliphatic heterocycles. The molecule has 2 rings (SSSR count). The maximum absolute atomic E-state index is 6.12. The van der Waals surface area contributed by atoms with Crippen LogP contribution >= 0.6 is 0 Å². The predicted molar refractivity (Wildman–Crippen MR) is 100 cm³/mol. The van der Waals surface area contributed by atoms with Crippen molar-refractivity contribution in [1.29, 1.82) is 0 Å². The fraction of sp³-hybridized carbons (Fsp3) is 0.632. The first-order chi connectivity index (χ1) is 11.5. The number of aliphatic imine (C=N–C) groups is 1. The molecule has 24 heavy (non-hydrogen) atoms. The first-order valence-electron chi connectivity index (χ1n) is 8.96. The third kappa shape index (κ3) is 6.40. The van der Waals surface area contributed by atoms with Gasteiger partial charge in [-0.2, -0.15) is 0 Å². The summed E-state index contributed by atoms with van der Waals surface area (Å²) < 4.78 is 5.75. The number of benzene rings is 1. The lowest BCUT2D eigenvalue weighted by Crippen LogP contribution is -2.42. The summed E-state index contributed by atoms with van der Waals surface area (Å²) in [5, 5.41) is 0. The predicted octanol–water partition coefficient (Wildman–Crippen LogP) is 2.56. The van der Waals surface area contributed by atoms with Crippen molar-refractivity contribution in [1.82, 2.24) is 9.80 Å². The van der Waals surface area contributed by atoms with Crippen LogP contribution in [0.2, 0.25) is 0 Å². The first-order valence-corrected chi connectivity index (χ1v) is 8.96. The summed E-state index contributed by atoms with van der Waals surface area (Å²) in [6, 6.07) is 8.16. The van der Waals surface area contributed by atoms with Gasteiger partial charge in [-0.3, -0.25) is 0 Å². The second-order valence-electron chi connectivity index (χ2n) is 6.99. The van der Waals surface area contributed by atoms with Crippen LogP contribution in [0.1, 0.15) is 31.7 Å². The molecule has 1 aromatic rings. The van der Waals surface area contributed by atoms with Gasteiger partial charge in [-0.1, -0.05) is 19.1 Å². The topological polar surface area (TPSA) is 54.1 Å². The molecule has 0 unspecified atom stereocenters. The standard InChI is InChI=1S/C19H32N4O/c1-16-9-12-23(13-10-16)19(20)21-15-17-5-7-18(8-6-17)24-14-4-11-22(2)3/h5-8,16H,4,9-15H2,1-3H3,(H2,20,21). The third-order valence-electron chi connectivity index (χ3n) is 4.47. The Hall–Kier alpha value is -1.75. The van der Waals surface area contributed by atoms with Crippen molar-refractivity contribution >= 4 is 5.96 Å². The Bertz CT molecular complexity index is 505. The molecule has 1 heterocycles. The number of hydrogen-bond donors (Lipinski definition) is 1. The zero-order valence-electron chi connectivity index (χ0n) is 15.4. The molecular formula is C19H32N4O. The zero-order chi connectivity index (χ0) is 17.4. The highest BCUT2D eigenvalue weighted by molar-refractivity contribution is 5.78. The fourth-order valence-electron chi connectivity index (χ4n) is 2.77. The number of ether oxygens (including phenoxy) is 1. The van der Waals surface area contributed by atoms with E-state index in [4.69, 9.17) is 10.5 Å². The Morgan fingerprint density at radius 3 is 2.54 bits per heavy atom. The van der Waals surface area contributed by atoms with Crippen molar-refractivity contribution < 1.29 is 4.74 Å². The fourth-order valence-corrected chi connectivity index (χ4v) is 2.77. The average molecular weight is 332 g/mol. The number of rotatable bonds is 7. The van der Waals surface area contributed by atoms with E-state index in [1.807, 2.05) is 12.1 Å². The molecule has 0 amide bonds. The molecule has 5 nitrogen and oxygen atoms in total. The Kier molecular flexibility index (Phi) is 7.37. The van der Waals surface area contributed by atoms with E-state index in [0.29, 0.717) is 12.5 Å². The van der Waals surface area contributed by atoms with Gasteiger partial charge in [-0.05, 0) is 57.0 Å². The molecule has 134 valence electrons. The van der Waals surface area contributed by atoms with Crippen LogP contribution in [0, 0.1) is 5.92 Å². The van der Waals surface area contributed by atoms with Gasteiger partial charge >= 0.3 is 0 Å². The molecule has 1 fully saturated rings. The normalized spacial score (nSPS) is 16.7. The van der Waals surface area contributed by atoms with E-state index in [1.165, 1.54) is 12.8 Å². The van der Waals surface area contributed by atoms with Gasteiger partial charge < -0.3 is 20.3 Å². The summed E-state index contributed by atoms with van der Waals surface area (Å²) in [4.78, 5) is 8.90. The number of likely N-dealkylation sites (tertiary alicyclic amines) is 1. The van der Waals surface area contributed by atoms with Crippen molar-refractivity contribution in [3.05, 3.63) is 29.8 Å². The molecular weight excluding hydrogens is 300 g/mol. The summed E-state index contributed by atoms with van der Waals surface area (Å²) in [7, 11) is 4.15. The summed E-state index contributed by atoms with van der Waals surface area (Å²) >= 11 is 0. The van der Waals surface area contributed by atoms with Gasteiger partial charge in [0.2, 0.25) is 0 Å². The monoisotopic (exact) mass is 332 g/mol. The van der Waals surface area contributed by atoms with Crippen molar-refractivity contribution in [2.45, 2.75) is 32.7 Å². The largest absolute Gasteiger partial charge is 0.494 e. The van der Waals surface area contributed by atoms with E-state index in [1.54, 1.807) is 0 Å². The Morgan fingerprint density at radius 1 is 1.25 bits per heavy atom. The van der Waals surface area contributed by atoms with Crippen molar-refractivity contribution in [2.24, 2.45) is 16.6 Å².